The Hall–Kier alpha value is -0.300. The molecule has 0 saturated heterocycles. The van der Waals surface area contributed by atoms with E-state index in [1.807, 2.05) is 0 Å². The first kappa shape index (κ1) is 6.70. The Bertz CT molecular complexity index is 86.1. The fourth-order valence-corrected chi connectivity index (χ4v) is 0.329. The van der Waals surface area contributed by atoms with E-state index in [9.17, 15) is 4.79 Å². The molecule has 0 aromatic heterocycles. The van der Waals surface area contributed by atoms with Crippen LogP contribution in [0.1, 0.15) is 13.3 Å². The third-order valence-corrected chi connectivity index (χ3v) is 0.723. The monoisotopic (exact) mass is 118 g/mol. The highest BCUT2D eigenvalue weighted by Gasteiger charge is 1.84. The van der Waals surface area contributed by atoms with Crippen LogP contribution in [0, 0.1) is 0 Å². The van der Waals surface area contributed by atoms with Crippen molar-refractivity contribution in [3.05, 3.63) is 11.6 Å². The summed E-state index contributed by atoms with van der Waals surface area (Å²) in [7, 11) is 0. The van der Waals surface area contributed by atoms with E-state index in [1.54, 1.807) is 6.92 Å². The minimum Gasteiger partial charge on any atom is -0.295 e. The zero-order chi connectivity index (χ0) is 5.70. The fourth-order valence-electron chi connectivity index (χ4n) is 0.188. The summed E-state index contributed by atoms with van der Waals surface area (Å²) in [5, 5.41) is 0. The molecule has 1 nitrogen and oxygen atoms in total. The Morgan fingerprint density at radius 3 is 2.57 bits per heavy atom. The van der Waals surface area contributed by atoms with E-state index in [1.165, 1.54) is 11.6 Å². The predicted molar refractivity (Wildman–Crippen MR) is 30.3 cm³/mol. The predicted octanol–water partition coefficient (Wildman–Crippen LogP) is 1.72. The molecule has 0 saturated carbocycles. The van der Waals surface area contributed by atoms with Crippen molar-refractivity contribution in [1.29, 1.82) is 0 Å². The minimum absolute atomic E-state index is 0.0648. The minimum atomic E-state index is 0.0648. The Kier molecular flexibility index (Phi) is 3.71. The number of hydrogen-bond acceptors (Lipinski definition) is 1. The highest BCUT2D eigenvalue weighted by atomic mass is 35.5. The summed E-state index contributed by atoms with van der Waals surface area (Å²) in [6.45, 7) is 1.79. The van der Waals surface area contributed by atoms with E-state index in [2.05, 4.69) is 0 Å². The molecule has 0 aromatic rings. The highest BCUT2D eigenvalue weighted by molar-refractivity contribution is 6.26. The summed E-state index contributed by atoms with van der Waals surface area (Å²) in [5.41, 5.74) is 1.23. The first-order chi connectivity index (χ1) is 3.31. The Morgan fingerprint density at radius 1 is 1.86 bits per heavy atom. The lowest BCUT2D eigenvalue weighted by atomic mass is 10.3. The van der Waals surface area contributed by atoms with Crippen LogP contribution in [0.15, 0.2) is 11.6 Å². The SMILES string of the molecule is CCC(=O)/C=C/Cl. The summed E-state index contributed by atoms with van der Waals surface area (Å²) in [4.78, 5) is 10.2. The zero-order valence-electron chi connectivity index (χ0n) is 4.15. The third kappa shape index (κ3) is 3.53. The van der Waals surface area contributed by atoms with Gasteiger partial charge in [0.15, 0.2) is 5.78 Å². The van der Waals surface area contributed by atoms with E-state index in [0.29, 0.717) is 6.42 Å². The van der Waals surface area contributed by atoms with Crippen molar-refractivity contribution < 1.29 is 4.79 Å². The number of carbonyl (C=O) groups excluding carboxylic acids is 1. The normalized spacial score (nSPS) is 10.0. The van der Waals surface area contributed by atoms with Gasteiger partial charge in [-0.25, -0.2) is 0 Å². The van der Waals surface area contributed by atoms with Crippen molar-refractivity contribution in [3.8, 4) is 0 Å². The van der Waals surface area contributed by atoms with Gasteiger partial charge in [0.2, 0.25) is 0 Å². The average molecular weight is 119 g/mol. The largest absolute Gasteiger partial charge is 0.295 e. The molecule has 0 fully saturated rings. The van der Waals surface area contributed by atoms with Gasteiger partial charge >= 0.3 is 0 Å². The molecule has 0 bridgehead atoms. The lowest BCUT2D eigenvalue weighted by Gasteiger charge is -1.77. The van der Waals surface area contributed by atoms with Crippen molar-refractivity contribution in [2.45, 2.75) is 13.3 Å². The number of carbonyl (C=O) groups is 1. The van der Waals surface area contributed by atoms with Crippen LogP contribution >= 0.6 is 11.6 Å². The molecule has 0 unspecified atom stereocenters. The summed E-state index contributed by atoms with van der Waals surface area (Å²) in [5.74, 6) is 0.0648. The van der Waals surface area contributed by atoms with Crippen molar-refractivity contribution in [3.63, 3.8) is 0 Å². The topological polar surface area (TPSA) is 17.1 Å². The van der Waals surface area contributed by atoms with Gasteiger partial charge in [-0.05, 0) is 6.08 Å². The maximum absolute atomic E-state index is 10.2. The number of halogens is 1. The van der Waals surface area contributed by atoms with Crippen LogP contribution in [0.2, 0.25) is 0 Å². The molecular formula is C5H7ClO. The molecule has 0 aliphatic heterocycles. The van der Waals surface area contributed by atoms with Gasteiger partial charge in [0, 0.05) is 12.0 Å². The van der Waals surface area contributed by atoms with Gasteiger partial charge in [-0.3, -0.25) is 4.79 Å². The Morgan fingerprint density at radius 2 is 2.43 bits per heavy atom. The van der Waals surface area contributed by atoms with Crippen LogP contribution in [0.4, 0.5) is 0 Å². The molecule has 0 aromatic carbocycles. The van der Waals surface area contributed by atoms with Crippen molar-refractivity contribution in [2.75, 3.05) is 0 Å². The van der Waals surface area contributed by atoms with E-state index in [0.717, 1.165) is 0 Å². The molecule has 7 heavy (non-hydrogen) atoms. The summed E-state index contributed by atoms with van der Waals surface area (Å²) < 4.78 is 0. The first-order valence-electron chi connectivity index (χ1n) is 2.11. The van der Waals surface area contributed by atoms with Crippen LogP contribution in [0.3, 0.4) is 0 Å². The molecule has 0 atom stereocenters. The fraction of sp³-hybridized carbons (Fsp3) is 0.400. The van der Waals surface area contributed by atoms with Crippen LogP contribution in [0.5, 0.6) is 0 Å². The van der Waals surface area contributed by atoms with Crippen molar-refractivity contribution >= 4 is 17.4 Å². The second-order valence-electron chi connectivity index (χ2n) is 1.11. The zero-order valence-corrected chi connectivity index (χ0v) is 4.90. The Balaban J connectivity index is 3.37. The maximum Gasteiger partial charge on any atom is 0.156 e. The molecular weight excluding hydrogens is 112 g/mol. The lowest BCUT2D eigenvalue weighted by molar-refractivity contribution is -0.114. The molecule has 0 N–H and O–H groups in total. The quantitative estimate of drug-likeness (QED) is 0.505. The van der Waals surface area contributed by atoms with E-state index in [4.69, 9.17) is 11.6 Å². The Labute approximate surface area is 48.0 Å². The average Bonchev–Trinajstić information content (AvgIpc) is 1.68. The number of rotatable bonds is 2. The molecule has 0 aliphatic rings. The molecule has 0 spiro atoms. The van der Waals surface area contributed by atoms with Gasteiger partial charge in [-0.1, -0.05) is 18.5 Å². The second kappa shape index (κ2) is 3.88. The van der Waals surface area contributed by atoms with E-state index in [-0.39, 0.29) is 5.78 Å². The van der Waals surface area contributed by atoms with E-state index >= 15 is 0 Å². The molecule has 0 aliphatic carbocycles. The molecule has 40 valence electrons. The summed E-state index contributed by atoms with van der Waals surface area (Å²) >= 11 is 5.07. The number of hydrogen-bond donors (Lipinski definition) is 0. The smallest absolute Gasteiger partial charge is 0.156 e. The van der Waals surface area contributed by atoms with Crippen LogP contribution in [-0.4, -0.2) is 5.78 Å². The number of ketones is 1. The van der Waals surface area contributed by atoms with Crippen molar-refractivity contribution in [1.82, 2.24) is 0 Å². The van der Waals surface area contributed by atoms with Gasteiger partial charge in [0.25, 0.3) is 0 Å². The van der Waals surface area contributed by atoms with Crippen molar-refractivity contribution in [2.24, 2.45) is 0 Å². The first-order valence-corrected chi connectivity index (χ1v) is 2.54. The number of allylic oxidation sites excluding steroid dienone is 1. The maximum atomic E-state index is 10.2. The second-order valence-corrected chi connectivity index (χ2v) is 1.36. The molecule has 0 heterocycles. The molecule has 2 heteroatoms. The summed E-state index contributed by atoms with van der Waals surface area (Å²) in [6.07, 6.45) is 1.88. The third-order valence-electron chi connectivity index (χ3n) is 0.597. The van der Waals surface area contributed by atoms with Crippen LogP contribution in [0.25, 0.3) is 0 Å². The molecule has 0 rings (SSSR count). The molecule has 0 amide bonds. The highest BCUT2D eigenvalue weighted by Crippen LogP contribution is 1.84. The van der Waals surface area contributed by atoms with Crippen LogP contribution in [-0.2, 0) is 4.79 Å². The van der Waals surface area contributed by atoms with Gasteiger partial charge in [-0.2, -0.15) is 0 Å². The van der Waals surface area contributed by atoms with Gasteiger partial charge in [0.05, 0.1) is 0 Å². The molecule has 0 radical (unpaired) electrons. The lowest BCUT2D eigenvalue weighted by Crippen LogP contribution is -1.84. The van der Waals surface area contributed by atoms with Gasteiger partial charge < -0.3 is 0 Å². The summed E-state index contributed by atoms with van der Waals surface area (Å²) in [6, 6.07) is 0. The standard InChI is InChI=1S/C5H7ClO/c1-2-5(7)3-4-6/h3-4H,2H2,1H3/b4-3+. The van der Waals surface area contributed by atoms with Crippen LogP contribution < -0.4 is 0 Å². The van der Waals surface area contributed by atoms with Gasteiger partial charge in [0.1, 0.15) is 0 Å². The van der Waals surface area contributed by atoms with Gasteiger partial charge in [-0.15, -0.1) is 0 Å². The van der Waals surface area contributed by atoms with E-state index < -0.39 is 0 Å².